The van der Waals surface area contributed by atoms with Crippen LogP contribution in [0.1, 0.15) is 5.69 Å². The second-order valence-corrected chi connectivity index (χ2v) is 3.75. The molecule has 8 nitrogen and oxygen atoms in total. The fraction of sp³-hybridized carbons (Fsp3) is 0.182. The highest BCUT2D eigenvalue weighted by atomic mass is 16.6. The zero-order valence-electron chi connectivity index (χ0n) is 10.1. The van der Waals surface area contributed by atoms with E-state index in [2.05, 4.69) is 15.3 Å². The number of hydrogen-bond acceptors (Lipinski definition) is 6. The third kappa shape index (κ3) is 2.92. The average Bonchev–Trinajstić information content (AvgIpc) is 2.42. The first-order chi connectivity index (χ1) is 9.10. The first kappa shape index (κ1) is 12.7. The van der Waals surface area contributed by atoms with E-state index in [1.54, 1.807) is 7.05 Å². The number of nitro groups is 1. The molecule has 0 aliphatic heterocycles. The second-order valence-electron chi connectivity index (χ2n) is 3.75. The van der Waals surface area contributed by atoms with E-state index in [1.165, 1.54) is 29.2 Å². The molecule has 0 aromatic carbocycles. The van der Waals surface area contributed by atoms with Crippen LogP contribution in [0.2, 0.25) is 0 Å². The Kier molecular flexibility index (Phi) is 3.51. The summed E-state index contributed by atoms with van der Waals surface area (Å²) < 4.78 is 1.22. The average molecular weight is 261 g/mol. The molecule has 0 amide bonds. The van der Waals surface area contributed by atoms with Crippen LogP contribution in [-0.4, -0.2) is 26.5 Å². The van der Waals surface area contributed by atoms with Crippen molar-refractivity contribution < 1.29 is 4.92 Å². The molecular weight excluding hydrogens is 250 g/mol. The minimum Gasteiger partial charge on any atom is -0.372 e. The molecule has 8 heteroatoms. The summed E-state index contributed by atoms with van der Waals surface area (Å²) in [4.78, 5) is 29.9. The molecule has 2 rings (SSSR count). The van der Waals surface area contributed by atoms with Gasteiger partial charge in [-0.1, -0.05) is 0 Å². The van der Waals surface area contributed by atoms with Crippen LogP contribution in [0.5, 0.6) is 0 Å². The molecule has 2 aromatic rings. The SMILES string of the molecule is CNc1cnc(Cn2cc([N+](=O)[O-])ccc2=O)cn1. The summed E-state index contributed by atoms with van der Waals surface area (Å²) in [5.74, 6) is 0.607. The van der Waals surface area contributed by atoms with Gasteiger partial charge in [0.15, 0.2) is 0 Å². The number of anilines is 1. The van der Waals surface area contributed by atoms with Gasteiger partial charge in [-0.15, -0.1) is 0 Å². The van der Waals surface area contributed by atoms with E-state index in [4.69, 9.17) is 0 Å². The quantitative estimate of drug-likeness (QED) is 0.639. The van der Waals surface area contributed by atoms with Crippen molar-refractivity contribution in [2.45, 2.75) is 6.54 Å². The van der Waals surface area contributed by atoms with E-state index in [0.717, 1.165) is 6.07 Å². The fourth-order valence-corrected chi connectivity index (χ4v) is 1.49. The van der Waals surface area contributed by atoms with Crippen LogP contribution in [0.15, 0.2) is 35.5 Å². The highest BCUT2D eigenvalue weighted by Gasteiger charge is 2.08. The van der Waals surface area contributed by atoms with Gasteiger partial charge in [0.1, 0.15) is 5.82 Å². The summed E-state index contributed by atoms with van der Waals surface area (Å²) in [6.45, 7) is 0.136. The van der Waals surface area contributed by atoms with Crippen LogP contribution < -0.4 is 10.9 Å². The van der Waals surface area contributed by atoms with E-state index in [9.17, 15) is 14.9 Å². The van der Waals surface area contributed by atoms with Crippen LogP contribution in [0, 0.1) is 10.1 Å². The molecule has 2 aromatic heterocycles. The lowest BCUT2D eigenvalue weighted by Gasteiger charge is -2.05. The highest BCUT2D eigenvalue weighted by molar-refractivity contribution is 5.30. The van der Waals surface area contributed by atoms with Gasteiger partial charge in [0.2, 0.25) is 0 Å². The molecule has 1 N–H and O–H groups in total. The first-order valence-corrected chi connectivity index (χ1v) is 5.43. The Bertz CT molecular complexity index is 650. The predicted octanol–water partition coefficient (Wildman–Crippen LogP) is 0.636. The van der Waals surface area contributed by atoms with Gasteiger partial charge < -0.3 is 9.88 Å². The van der Waals surface area contributed by atoms with Crippen LogP contribution in [-0.2, 0) is 6.54 Å². The standard InChI is InChI=1S/C11H11N5O3/c1-12-10-5-13-8(4-14-10)6-15-7-9(16(18)19)2-3-11(15)17/h2-5,7H,6H2,1H3,(H,12,14). The monoisotopic (exact) mass is 261 g/mol. The normalized spacial score (nSPS) is 10.2. The number of hydrogen-bond donors (Lipinski definition) is 1. The van der Waals surface area contributed by atoms with Gasteiger partial charge in [-0.3, -0.25) is 19.9 Å². The Hall–Kier alpha value is -2.77. The van der Waals surface area contributed by atoms with Gasteiger partial charge in [0.25, 0.3) is 11.2 Å². The molecule has 19 heavy (non-hydrogen) atoms. The van der Waals surface area contributed by atoms with Crippen molar-refractivity contribution in [1.29, 1.82) is 0 Å². The Morgan fingerprint density at radius 1 is 1.37 bits per heavy atom. The van der Waals surface area contributed by atoms with Crippen molar-refractivity contribution in [1.82, 2.24) is 14.5 Å². The summed E-state index contributed by atoms with van der Waals surface area (Å²) >= 11 is 0. The summed E-state index contributed by atoms with van der Waals surface area (Å²) in [6.07, 6.45) is 4.23. The van der Waals surface area contributed by atoms with Crippen molar-refractivity contribution in [2.75, 3.05) is 12.4 Å². The summed E-state index contributed by atoms with van der Waals surface area (Å²) in [7, 11) is 1.72. The topological polar surface area (TPSA) is 103 Å². The highest BCUT2D eigenvalue weighted by Crippen LogP contribution is 2.08. The molecular formula is C11H11N5O3. The Morgan fingerprint density at radius 3 is 2.74 bits per heavy atom. The van der Waals surface area contributed by atoms with Crippen molar-refractivity contribution in [3.63, 3.8) is 0 Å². The van der Waals surface area contributed by atoms with Crippen LogP contribution in [0.3, 0.4) is 0 Å². The van der Waals surface area contributed by atoms with Crippen LogP contribution in [0.4, 0.5) is 11.5 Å². The molecule has 0 unspecified atom stereocenters. The van der Waals surface area contributed by atoms with E-state index in [1.807, 2.05) is 0 Å². The first-order valence-electron chi connectivity index (χ1n) is 5.43. The van der Waals surface area contributed by atoms with Crippen molar-refractivity contribution in [3.05, 3.63) is 56.9 Å². The van der Waals surface area contributed by atoms with Gasteiger partial charge in [-0.25, -0.2) is 4.98 Å². The Balaban J connectivity index is 2.29. The summed E-state index contributed by atoms with van der Waals surface area (Å²) in [5, 5.41) is 13.5. The molecule has 0 saturated heterocycles. The lowest BCUT2D eigenvalue weighted by molar-refractivity contribution is -0.385. The Labute approximate surface area is 107 Å². The van der Waals surface area contributed by atoms with E-state index in [0.29, 0.717) is 11.5 Å². The number of nitrogens with one attached hydrogen (secondary N) is 1. The van der Waals surface area contributed by atoms with E-state index >= 15 is 0 Å². The smallest absolute Gasteiger partial charge is 0.285 e. The second kappa shape index (κ2) is 5.25. The third-order valence-corrected chi connectivity index (χ3v) is 2.47. The van der Waals surface area contributed by atoms with Gasteiger partial charge in [-0.2, -0.15) is 0 Å². The minimum atomic E-state index is -0.550. The molecule has 0 aliphatic rings. The van der Waals surface area contributed by atoms with Gasteiger partial charge >= 0.3 is 0 Å². The lowest BCUT2D eigenvalue weighted by Crippen LogP contribution is -2.20. The molecule has 0 fully saturated rings. The predicted molar refractivity (Wildman–Crippen MR) is 68.0 cm³/mol. The molecule has 98 valence electrons. The van der Waals surface area contributed by atoms with Crippen molar-refractivity contribution in [3.8, 4) is 0 Å². The number of nitrogens with zero attached hydrogens (tertiary/aromatic N) is 4. The van der Waals surface area contributed by atoms with E-state index < -0.39 is 4.92 Å². The summed E-state index contributed by atoms with van der Waals surface area (Å²) in [5.41, 5.74) is 0.0751. The zero-order chi connectivity index (χ0) is 13.8. The maximum absolute atomic E-state index is 11.6. The van der Waals surface area contributed by atoms with Gasteiger partial charge in [-0.05, 0) is 0 Å². The van der Waals surface area contributed by atoms with Gasteiger partial charge in [0, 0.05) is 19.2 Å². The number of pyridine rings is 1. The largest absolute Gasteiger partial charge is 0.372 e. The number of aromatic nitrogens is 3. The fourth-order valence-electron chi connectivity index (χ4n) is 1.49. The molecule has 0 radical (unpaired) electrons. The molecule has 0 saturated carbocycles. The molecule has 0 bridgehead atoms. The van der Waals surface area contributed by atoms with E-state index in [-0.39, 0.29) is 17.8 Å². The lowest BCUT2D eigenvalue weighted by atomic mass is 10.3. The van der Waals surface area contributed by atoms with Crippen LogP contribution >= 0.6 is 0 Å². The number of rotatable bonds is 4. The van der Waals surface area contributed by atoms with Crippen molar-refractivity contribution >= 4 is 11.5 Å². The summed E-state index contributed by atoms with van der Waals surface area (Å²) in [6, 6.07) is 2.34. The molecule has 2 heterocycles. The third-order valence-electron chi connectivity index (χ3n) is 2.47. The van der Waals surface area contributed by atoms with Crippen LogP contribution in [0.25, 0.3) is 0 Å². The molecule has 0 atom stereocenters. The van der Waals surface area contributed by atoms with Gasteiger partial charge in [0.05, 0.1) is 35.8 Å². The molecule has 0 aliphatic carbocycles. The maximum atomic E-state index is 11.6. The minimum absolute atomic E-state index is 0.136. The van der Waals surface area contributed by atoms with Crippen molar-refractivity contribution in [2.24, 2.45) is 0 Å². The molecule has 0 spiro atoms. The Morgan fingerprint density at radius 2 is 2.16 bits per heavy atom. The maximum Gasteiger partial charge on any atom is 0.285 e. The zero-order valence-corrected chi connectivity index (χ0v) is 10.1.